The van der Waals surface area contributed by atoms with Gasteiger partial charge in [0, 0.05) is 0 Å². The molecule has 0 amide bonds. The van der Waals surface area contributed by atoms with Crippen LogP contribution < -0.4 is 4.74 Å². The summed E-state index contributed by atoms with van der Waals surface area (Å²) in [4.78, 5) is 0. The largest absolute Gasteiger partial charge is 0.431 e. The van der Waals surface area contributed by atoms with E-state index in [2.05, 4.69) is 4.74 Å². The summed E-state index contributed by atoms with van der Waals surface area (Å²) in [6.07, 6.45) is 0. The zero-order chi connectivity index (χ0) is 10.7. The average Bonchev–Trinajstić information content (AvgIpc) is 2.07. The Hall–Kier alpha value is -1.19. The maximum Gasteiger partial charge on any atom is 0.387 e. The SMILES string of the molecule is CC(C)c1cccc(F)c1OC(F)F. The first kappa shape index (κ1) is 10.9. The van der Waals surface area contributed by atoms with Crippen LogP contribution in [0.2, 0.25) is 0 Å². The zero-order valence-corrected chi connectivity index (χ0v) is 7.93. The summed E-state index contributed by atoms with van der Waals surface area (Å²) < 4.78 is 41.2. The number of alkyl halides is 2. The van der Waals surface area contributed by atoms with Crippen LogP contribution in [0.25, 0.3) is 0 Å². The van der Waals surface area contributed by atoms with E-state index in [-0.39, 0.29) is 11.7 Å². The predicted octanol–water partition coefficient (Wildman–Crippen LogP) is 3.55. The highest BCUT2D eigenvalue weighted by molar-refractivity contribution is 5.37. The first-order valence-corrected chi connectivity index (χ1v) is 4.25. The molecule has 0 saturated heterocycles. The molecule has 1 nitrogen and oxygen atoms in total. The quantitative estimate of drug-likeness (QED) is 0.731. The molecule has 0 aliphatic rings. The minimum absolute atomic E-state index is 0.0561. The molecular weight excluding hydrogens is 193 g/mol. The van der Waals surface area contributed by atoms with Crippen molar-refractivity contribution in [1.82, 2.24) is 0 Å². The van der Waals surface area contributed by atoms with Gasteiger partial charge >= 0.3 is 6.61 Å². The van der Waals surface area contributed by atoms with Crippen molar-refractivity contribution in [1.29, 1.82) is 0 Å². The van der Waals surface area contributed by atoms with E-state index in [0.29, 0.717) is 5.56 Å². The van der Waals surface area contributed by atoms with Gasteiger partial charge in [0.25, 0.3) is 0 Å². The Kier molecular flexibility index (Phi) is 3.38. The van der Waals surface area contributed by atoms with E-state index in [1.807, 2.05) is 0 Å². The Morgan fingerprint density at radius 2 is 1.86 bits per heavy atom. The van der Waals surface area contributed by atoms with E-state index in [4.69, 9.17) is 0 Å². The van der Waals surface area contributed by atoms with Crippen LogP contribution in [0.3, 0.4) is 0 Å². The van der Waals surface area contributed by atoms with Crippen LogP contribution in [0, 0.1) is 5.82 Å². The molecule has 0 unspecified atom stereocenters. The molecule has 78 valence electrons. The van der Waals surface area contributed by atoms with Crippen LogP contribution in [-0.2, 0) is 0 Å². The lowest BCUT2D eigenvalue weighted by Gasteiger charge is -2.13. The Balaban J connectivity index is 3.09. The fourth-order valence-corrected chi connectivity index (χ4v) is 1.19. The van der Waals surface area contributed by atoms with Gasteiger partial charge in [-0.25, -0.2) is 4.39 Å². The topological polar surface area (TPSA) is 9.23 Å². The van der Waals surface area contributed by atoms with Crippen LogP contribution in [0.1, 0.15) is 25.3 Å². The maximum absolute atomic E-state index is 13.1. The molecule has 0 aliphatic carbocycles. The first-order chi connectivity index (χ1) is 6.52. The molecule has 0 bridgehead atoms. The second-order valence-corrected chi connectivity index (χ2v) is 3.19. The van der Waals surface area contributed by atoms with Gasteiger partial charge in [0.05, 0.1) is 0 Å². The van der Waals surface area contributed by atoms with E-state index in [0.717, 1.165) is 6.07 Å². The molecule has 1 aromatic carbocycles. The van der Waals surface area contributed by atoms with Crippen LogP contribution in [0.4, 0.5) is 13.2 Å². The number of benzene rings is 1. The normalized spacial score (nSPS) is 11.1. The number of ether oxygens (including phenoxy) is 1. The standard InChI is InChI=1S/C10H11F3O/c1-6(2)7-4-3-5-8(11)9(7)14-10(12)13/h3-6,10H,1-2H3. The third-order valence-electron chi connectivity index (χ3n) is 1.83. The predicted molar refractivity (Wildman–Crippen MR) is 47.1 cm³/mol. The monoisotopic (exact) mass is 204 g/mol. The number of para-hydroxylation sites is 1. The molecule has 0 heterocycles. The highest BCUT2D eigenvalue weighted by atomic mass is 19.3. The molecule has 0 saturated carbocycles. The van der Waals surface area contributed by atoms with Gasteiger partial charge in [-0.2, -0.15) is 8.78 Å². The lowest BCUT2D eigenvalue weighted by atomic mass is 10.0. The molecule has 0 radical (unpaired) electrons. The molecular formula is C10H11F3O. The van der Waals surface area contributed by atoms with Crippen molar-refractivity contribution in [3.63, 3.8) is 0 Å². The molecule has 0 fully saturated rings. The molecule has 4 heteroatoms. The van der Waals surface area contributed by atoms with Crippen molar-refractivity contribution in [2.75, 3.05) is 0 Å². The first-order valence-electron chi connectivity index (χ1n) is 4.25. The van der Waals surface area contributed by atoms with E-state index in [1.54, 1.807) is 19.9 Å². The van der Waals surface area contributed by atoms with Gasteiger partial charge in [-0.15, -0.1) is 0 Å². The lowest BCUT2D eigenvalue weighted by molar-refractivity contribution is -0.0529. The molecule has 1 aromatic rings. The summed E-state index contributed by atoms with van der Waals surface area (Å²) in [5.41, 5.74) is 0.449. The fourth-order valence-electron chi connectivity index (χ4n) is 1.19. The Morgan fingerprint density at radius 3 is 2.36 bits per heavy atom. The molecule has 14 heavy (non-hydrogen) atoms. The van der Waals surface area contributed by atoms with E-state index >= 15 is 0 Å². The van der Waals surface area contributed by atoms with E-state index < -0.39 is 12.4 Å². The molecule has 0 atom stereocenters. The van der Waals surface area contributed by atoms with Crippen molar-refractivity contribution in [3.05, 3.63) is 29.6 Å². The highest BCUT2D eigenvalue weighted by Crippen LogP contribution is 2.30. The smallest absolute Gasteiger partial charge is 0.387 e. The maximum atomic E-state index is 13.1. The molecule has 0 aliphatic heterocycles. The van der Waals surface area contributed by atoms with Gasteiger partial charge in [0.2, 0.25) is 0 Å². The molecule has 0 aromatic heterocycles. The van der Waals surface area contributed by atoms with Gasteiger partial charge < -0.3 is 4.74 Å². The minimum Gasteiger partial charge on any atom is -0.431 e. The third kappa shape index (κ3) is 2.40. The summed E-state index contributed by atoms with van der Waals surface area (Å²) in [7, 11) is 0. The number of halogens is 3. The van der Waals surface area contributed by atoms with Crippen molar-refractivity contribution in [2.24, 2.45) is 0 Å². The van der Waals surface area contributed by atoms with Crippen LogP contribution in [0.15, 0.2) is 18.2 Å². The van der Waals surface area contributed by atoms with Crippen molar-refractivity contribution in [2.45, 2.75) is 26.4 Å². The van der Waals surface area contributed by atoms with Gasteiger partial charge in [0.1, 0.15) is 0 Å². The molecule has 1 rings (SSSR count). The lowest BCUT2D eigenvalue weighted by Crippen LogP contribution is -2.07. The second kappa shape index (κ2) is 4.35. The Morgan fingerprint density at radius 1 is 1.21 bits per heavy atom. The van der Waals surface area contributed by atoms with Crippen molar-refractivity contribution in [3.8, 4) is 5.75 Å². The zero-order valence-electron chi connectivity index (χ0n) is 7.93. The van der Waals surface area contributed by atoms with Gasteiger partial charge in [-0.1, -0.05) is 26.0 Å². The number of hydrogen-bond acceptors (Lipinski definition) is 1. The van der Waals surface area contributed by atoms with E-state index in [9.17, 15) is 13.2 Å². The number of rotatable bonds is 3. The summed E-state index contributed by atoms with van der Waals surface area (Å²) >= 11 is 0. The van der Waals surface area contributed by atoms with Gasteiger partial charge in [-0.05, 0) is 17.5 Å². The molecule has 0 spiro atoms. The molecule has 0 N–H and O–H groups in total. The summed E-state index contributed by atoms with van der Waals surface area (Å²) in [6, 6.07) is 4.15. The van der Waals surface area contributed by atoms with Crippen LogP contribution >= 0.6 is 0 Å². The van der Waals surface area contributed by atoms with Crippen LogP contribution in [-0.4, -0.2) is 6.61 Å². The Labute approximate surface area is 80.5 Å². The Bertz CT molecular complexity index is 310. The van der Waals surface area contributed by atoms with Gasteiger partial charge in [-0.3, -0.25) is 0 Å². The highest BCUT2D eigenvalue weighted by Gasteiger charge is 2.16. The van der Waals surface area contributed by atoms with Crippen LogP contribution in [0.5, 0.6) is 5.75 Å². The summed E-state index contributed by atoms with van der Waals surface area (Å²) in [5, 5.41) is 0. The van der Waals surface area contributed by atoms with Crippen molar-refractivity contribution < 1.29 is 17.9 Å². The third-order valence-corrected chi connectivity index (χ3v) is 1.83. The number of hydrogen-bond donors (Lipinski definition) is 0. The summed E-state index contributed by atoms with van der Waals surface area (Å²) in [6.45, 7) is 0.574. The summed E-state index contributed by atoms with van der Waals surface area (Å²) in [5.74, 6) is -1.16. The fraction of sp³-hybridized carbons (Fsp3) is 0.400. The van der Waals surface area contributed by atoms with Gasteiger partial charge in [0.15, 0.2) is 11.6 Å². The second-order valence-electron chi connectivity index (χ2n) is 3.19. The average molecular weight is 204 g/mol. The van der Waals surface area contributed by atoms with E-state index in [1.165, 1.54) is 6.07 Å². The minimum atomic E-state index is -3.00. The van der Waals surface area contributed by atoms with Crippen molar-refractivity contribution >= 4 is 0 Å².